The van der Waals surface area contributed by atoms with Gasteiger partial charge in [-0.25, -0.2) is 13.2 Å². The van der Waals surface area contributed by atoms with Gasteiger partial charge in [-0.05, 0) is 60.9 Å². The topological polar surface area (TPSA) is 101 Å². The summed E-state index contributed by atoms with van der Waals surface area (Å²) in [6, 6.07) is 14.8. The number of amides is 2. The van der Waals surface area contributed by atoms with Gasteiger partial charge in [0.2, 0.25) is 0 Å². The number of carbonyl (C=O) groups excluding carboxylic acids is 1. The lowest BCUT2D eigenvalue weighted by atomic mass is 10.1. The maximum atomic E-state index is 11.9. The molecule has 0 aliphatic carbocycles. The second-order valence-electron chi connectivity index (χ2n) is 6.30. The Hall–Kier alpha value is -2.19. The lowest BCUT2D eigenvalue weighted by molar-refractivity contribution is 0.250. The van der Waals surface area contributed by atoms with Crippen LogP contribution in [0, 0.1) is 5.92 Å². The highest BCUT2D eigenvalue weighted by atomic mass is 32.2. The number of rotatable bonds is 5. The summed E-state index contributed by atoms with van der Waals surface area (Å²) in [6.45, 7) is 0.371. The molecule has 4 N–H and O–H groups in total. The monoisotopic (exact) mass is 391 g/mol. The molecule has 0 radical (unpaired) electrons. The molecule has 1 fully saturated rings. The van der Waals surface area contributed by atoms with Gasteiger partial charge >= 0.3 is 6.03 Å². The summed E-state index contributed by atoms with van der Waals surface area (Å²) in [4.78, 5) is 14.1. The van der Waals surface area contributed by atoms with Crippen LogP contribution in [-0.2, 0) is 9.84 Å². The number of nitrogen functional groups attached to an aromatic ring is 1. The Balaban J connectivity index is 1.47. The highest BCUT2D eigenvalue weighted by Crippen LogP contribution is 2.29. The third kappa shape index (κ3) is 5.40. The van der Waals surface area contributed by atoms with Crippen molar-refractivity contribution >= 4 is 39.0 Å². The summed E-state index contributed by atoms with van der Waals surface area (Å²) in [5, 5.41) is 5.50. The second-order valence-corrected chi connectivity index (χ2v) is 9.68. The maximum absolute atomic E-state index is 11.9. The summed E-state index contributed by atoms with van der Waals surface area (Å²) < 4.78 is 22.8. The Bertz CT molecular complexity index is 866. The molecule has 3 rings (SSSR count). The predicted molar refractivity (Wildman–Crippen MR) is 105 cm³/mol. The Morgan fingerprint density at radius 3 is 2.27 bits per heavy atom. The molecule has 1 atom stereocenters. The van der Waals surface area contributed by atoms with Crippen LogP contribution in [0.4, 0.5) is 16.2 Å². The van der Waals surface area contributed by atoms with E-state index in [1.165, 1.54) is 0 Å². The van der Waals surface area contributed by atoms with Crippen LogP contribution in [0.3, 0.4) is 0 Å². The first-order valence-corrected chi connectivity index (χ1v) is 10.9. The fraction of sp³-hybridized carbons (Fsp3) is 0.278. The van der Waals surface area contributed by atoms with E-state index in [0.29, 0.717) is 18.7 Å². The van der Waals surface area contributed by atoms with Crippen molar-refractivity contribution in [3.05, 3.63) is 48.5 Å². The molecule has 0 spiro atoms. The van der Waals surface area contributed by atoms with E-state index >= 15 is 0 Å². The fourth-order valence-electron chi connectivity index (χ4n) is 2.72. The number of carbonyl (C=O) groups is 1. The van der Waals surface area contributed by atoms with Crippen molar-refractivity contribution in [3.63, 3.8) is 0 Å². The van der Waals surface area contributed by atoms with Gasteiger partial charge in [-0.2, -0.15) is 0 Å². The number of hydrogen-bond donors (Lipinski definition) is 3. The average molecular weight is 392 g/mol. The molecule has 0 bridgehead atoms. The molecule has 1 heterocycles. The summed E-state index contributed by atoms with van der Waals surface area (Å²) in [7, 11) is -2.92. The Kier molecular flexibility index (Phi) is 5.73. The van der Waals surface area contributed by atoms with Gasteiger partial charge in [0.1, 0.15) is 0 Å². The van der Waals surface area contributed by atoms with Crippen LogP contribution in [0.1, 0.15) is 6.42 Å². The predicted octanol–water partition coefficient (Wildman–Crippen LogP) is 2.98. The second kappa shape index (κ2) is 8.01. The Morgan fingerprint density at radius 1 is 1.08 bits per heavy atom. The summed E-state index contributed by atoms with van der Waals surface area (Å²) >= 11 is 1.61. The molecule has 2 amide bonds. The minimum absolute atomic E-state index is 0.00411. The molecular formula is C18H21N3O3S2. The molecule has 0 saturated carbocycles. The number of benzene rings is 2. The van der Waals surface area contributed by atoms with Crippen LogP contribution >= 0.6 is 11.8 Å². The number of urea groups is 1. The highest BCUT2D eigenvalue weighted by Gasteiger charge is 2.27. The molecule has 8 heteroatoms. The molecule has 138 valence electrons. The van der Waals surface area contributed by atoms with E-state index in [1.54, 1.807) is 11.8 Å². The zero-order chi connectivity index (χ0) is 18.6. The number of anilines is 2. The average Bonchev–Trinajstić information content (AvgIpc) is 2.96. The largest absolute Gasteiger partial charge is 0.399 e. The SMILES string of the molecule is Nc1ccc(Sc2ccc(NC(=O)NCC3CCS(=O)(=O)C3)cc2)cc1. The molecule has 1 aliphatic heterocycles. The van der Waals surface area contributed by atoms with Gasteiger partial charge in [0.25, 0.3) is 0 Å². The lowest BCUT2D eigenvalue weighted by Crippen LogP contribution is -2.33. The van der Waals surface area contributed by atoms with Gasteiger partial charge in [-0.15, -0.1) is 0 Å². The van der Waals surface area contributed by atoms with Gasteiger partial charge in [0.15, 0.2) is 9.84 Å². The summed E-state index contributed by atoms with van der Waals surface area (Å²) in [5.74, 6) is 0.378. The van der Waals surface area contributed by atoms with E-state index in [-0.39, 0.29) is 23.5 Å². The van der Waals surface area contributed by atoms with Crippen molar-refractivity contribution in [1.29, 1.82) is 0 Å². The molecule has 1 unspecified atom stereocenters. The molecule has 1 aliphatic rings. The Labute approximate surface area is 157 Å². The molecular weight excluding hydrogens is 370 g/mol. The van der Waals surface area contributed by atoms with E-state index in [9.17, 15) is 13.2 Å². The van der Waals surface area contributed by atoms with E-state index in [4.69, 9.17) is 5.73 Å². The van der Waals surface area contributed by atoms with Crippen molar-refractivity contribution in [2.75, 3.05) is 29.1 Å². The molecule has 2 aromatic carbocycles. The molecule has 1 saturated heterocycles. The van der Waals surface area contributed by atoms with Crippen LogP contribution in [-0.4, -0.2) is 32.5 Å². The Morgan fingerprint density at radius 2 is 1.69 bits per heavy atom. The number of sulfone groups is 1. The van der Waals surface area contributed by atoms with Crippen molar-refractivity contribution in [2.24, 2.45) is 5.92 Å². The van der Waals surface area contributed by atoms with Crippen LogP contribution in [0.5, 0.6) is 0 Å². The lowest BCUT2D eigenvalue weighted by Gasteiger charge is -2.11. The minimum atomic E-state index is -2.92. The third-order valence-corrected chi connectivity index (χ3v) is 6.96. The van der Waals surface area contributed by atoms with Crippen molar-refractivity contribution in [3.8, 4) is 0 Å². The third-order valence-electron chi connectivity index (χ3n) is 4.11. The first kappa shape index (κ1) is 18.6. The van der Waals surface area contributed by atoms with Crippen LogP contribution in [0.25, 0.3) is 0 Å². The highest BCUT2D eigenvalue weighted by molar-refractivity contribution is 7.99. The van der Waals surface area contributed by atoms with Gasteiger partial charge < -0.3 is 16.4 Å². The van der Waals surface area contributed by atoms with E-state index in [2.05, 4.69) is 10.6 Å². The number of nitrogens with two attached hydrogens (primary N) is 1. The number of hydrogen-bond acceptors (Lipinski definition) is 5. The van der Waals surface area contributed by atoms with Gasteiger partial charge in [0.05, 0.1) is 11.5 Å². The van der Waals surface area contributed by atoms with E-state index < -0.39 is 9.84 Å². The molecule has 6 nitrogen and oxygen atoms in total. The van der Waals surface area contributed by atoms with Crippen LogP contribution in [0.2, 0.25) is 0 Å². The zero-order valence-corrected chi connectivity index (χ0v) is 15.8. The molecule has 26 heavy (non-hydrogen) atoms. The number of nitrogens with one attached hydrogen (secondary N) is 2. The van der Waals surface area contributed by atoms with Gasteiger partial charge in [-0.3, -0.25) is 0 Å². The normalized spacial score (nSPS) is 18.4. The summed E-state index contributed by atoms with van der Waals surface area (Å²) in [5.41, 5.74) is 7.09. The van der Waals surface area contributed by atoms with Crippen molar-refractivity contribution in [1.82, 2.24) is 5.32 Å². The summed E-state index contributed by atoms with van der Waals surface area (Å²) in [6.07, 6.45) is 0.611. The molecule has 0 aromatic heterocycles. The van der Waals surface area contributed by atoms with Gasteiger partial charge in [0, 0.05) is 27.7 Å². The quantitative estimate of drug-likeness (QED) is 0.680. The van der Waals surface area contributed by atoms with Gasteiger partial charge in [-0.1, -0.05) is 11.8 Å². The minimum Gasteiger partial charge on any atom is -0.399 e. The zero-order valence-electron chi connectivity index (χ0n) is 14.1. The standard InChI is InChI=1S/C18H21N3O3S2/c19-14-1-5-16(6-2-14)25-17-7-3-15(4-8-17)21-18(22)20-11-13-9-10-26(23,24)12-13/h1-8,13H,9-12,19H2,(H2,20,21,22). The van der Waals surface area contributed by atoms with Crippen molar-refractivity contribution < 1.29 is 13.2 Å². The maximum Gasteiger partial charge on any atom is 0.319 e. The fourth-order valence-corrected chi connectivity index (χ4v) is 5.40. The first-order valence-electron chi connectivity index (χ1n) is 8.28. The first-order chi connectivity index (χ1) is 12.4. The molecule has 2 aromatic rings. The van der Waals surface area contributed by atoms with E-state index in [0.717, 1.165) is 15.5 Å². The smallest absolute Gasteiger partial charge is 0.319 e. The van der Waals surface area contributed by atoms with Crippen LogP contribution < -0.4 is 16.4 Å². The van der Waals surface area contributed by atoms with Crippen molar-refractivity contribution in [2.45, 2.75) is 16.2 Å². The van der Waals surface area contributed by atoms with E-state index in [1.807, 2.05) is 48.5 Å². The van der Waals surface area contributed by atoms with Crippen LogP contribution in [0.15, 0.2) is 58.3 Å².